The number of rotatable bonds is 6. The van der Waals surface area contributed by atoms with Crippen LogP contribution in [0.4, 0.5) is 11.4 Å². The first-order valence-electron chi connectivity index (χ1n) is 11.4. The van der Waals surface area contributed by atoms with Gasteiger partial charge in [-0.2, -0.15) is 15.2 Å². The lowest BCUT2D eigenvalue weighted by Gasteiger charge is -2.11. The van der Waals surface area contributed by atoms with Gasteiger partial charge in [0.15, 0.2) is 5.71 Å². The van der Waals surface area contributed by atoms with E-state index in [0.717, 1.165) is 11.1 Å². The molecule has 4 aromatic rings. The number of hydrogen-bond donors (Lipinski definition) is 1. The number of esters is 1. The lowest BCUT2D eigenvalue weighted by Crippen LogP contribution is -2.23. The number of carbonyl (C=O) groups excluding carboxylic acids is 2. The molecular weight excluding hydrogens is 456 g/mol. The first-order valence-corrected chi connectivity index (χ1v) is 11.4. The quantitative estimate of drug-likeness (QED) is 0.246. The van der Waals surface area contributed by atoms with Gasteiger partial charge in [0.05, 0.1) is 23.6 Å². The molecule has 3 aromatic carbocycles. The molecule has 0 spiro atoms. The first-order chi connectivity index (χ1) is 17.7. The molecule has 1 aromatic heterocycles. The molecule has 8 nitrogen and oxygen atoms in total. The number of benzene rings is 3. The van der Waals surface area contributed by atoms with Crippen LogP contribution in [0.2, 0.25) is 0 Å². The number of para-hydroxylation sites is 3. The summed E-state index contributed by atoms with van der Waals surface area (Å²) in [5.74, 6) is -1.14. The van der Waals surface area contributed by atoms with Crippen LogP contribution < -0.4 is 15.8 Å². The van der Waals surface area contributed by atoms with Crippen molar-refractivity contribution in [2.45, 2.75) is 6.92 Å². The van der Waals surface area contributed by atoms with E-state index in [4.69, 9.17) is 9.15 Å². The maximum absolute atomic E-state index is 13.4. The Kier molecular flexibility index (Phi) is 6.40. The fourth-order valence-electron chi connectivity index (χ4n) is 3.76. The van der Waals surface area contributed by atoms with Crippen molar-refractivity contribution in [1.29, 1.82) is 0 Å². The minimum Gasteiger partial charge on any atom is -0.464 e. The molecule has 0 fully saturated rings. The Hall–Kier alpha value is -4.98. The molecule has 0 unspecified atom stereocenters. The highest BCUT2D eigenvalue weighted by atomic mass is 16.5. The lowest BCUT2D eigenvalue weighted by molar-refractivity contribution is -0.135. The highest BCUT2D eigenvalue weighted by Crippen LogP contribution is 2.25. The van der Waals surface area contributed by atoms with Crippen molar-refractivity contribution in [2.24, 2.45) is 10.2 Å². The summed E-state index contributed by atoms with van der Waals surface area (Å²) in [5.41, 5.74) is 5.50. The molecule has 0 radical (unpaired) electrons. The molecule has 36 heavy (non-hydrogen) atoms. The molecule has 2 heterocycles. The van der Waals surface area contributed by atoms with Crippen molar-refractivity contribution in [3.05, 3.63) is 108 Å². The number of anilines is 2. The number of hydrazone groups is 1. The maximum Gasteiger partial charge on any atom is 0.359 e. The smallest absolute Gasteiger partial charge is 0.359 e. The fourth-order valence-corrected chi connectivity index (χ4v) is 3.76. The molecule has 1 N–H and O–H groups in total. The zero-order chi connectivity index (χ0) is 24.9. The van der Waals surface area contributed by atoms with Crippen LogP contribution in [0.15, 0.2) is 111 Å². The SMILES string of the molecule is CCOC(=O)C1=NN(c2ccccc2)C(=O)/C1=C\c1coc2ccccc2/c1=N\Nc1ccccc1. The topological polar surface area (TPSA) is 96.5 Å². The van der Waals surface area contributed by atoms with Crippen molar-refractivity contribution in [2.75, 3.05) is 17.0 Å². The fraction of sp³-hybridized carbons (Fsp3) is 0.0714. The van der Waals surface area contributed by atoms with Crippen LogP contribution in [0.1, 0.15) is 12.5 Å². The number of ether oxygens (including phenoxy) is 1. The third-order valence-electron chi connectivity index (χ3n) is 5.45. The summed E-state index contributed by atoms with van der Waals surface area (Å²) in [5, 5.41) is 11.4. The minimum atomic E-state index is -0.686. The predicted molar refractivity (Wildman–Crippen MR) is 138 cm³/mol. The molecule has 1 aliphatic heterocycles. The van der Waals surface area contributed by atoms with Gasteiger partial charge >= 0.3 is 5.97 Å². The largest absolute Gasteiger partial charge is 0.464 e. The normalized spacial score (nSPS) is 14.9. The predicted octanol–water partition coefficient (Wildman–Crippen LogP) is 4.71. The van der Waals surface area contributed by atoms with Crippen molar-refractivity contribution in [1.82, 2.24) is 0 Å². The molecule has 178 valence electrons. The van der Waals surface area contributed by atoms with Crippen molar-refractivity contribution in [3.63, 3.8) is 0 Å². The Morgan fingerprint density at radius 1 is 1.03 bits per heavy atom. The Morgan fingerprint density at radius 3 is 2.47 bits per heavy atom. The molecular formula is C28H22N4O4. The van der Waals surface area contributed by atoms with Crippen LogP contribution in [0.5, 0.6) is 0 Å². The average Bonchev–Trinajstić information content (AvgIpc) is 3.25. The van der Waals surface area contributed by atoms with Gasteiger partial charge in [0.25, 0.3) is 5.91 Å². The third kappa shape index (κ3) is 4.52. The summed E-state index contributed by atoms with van der Waals surface area (Å²) in [6.07, 6.45) is 3.06. The van der Waals surface area contributed by atoms with Crippen molar-refractivity contribution in [3.8, 4) is 0 Å². The summed E-state index contributed by atoms with van der Waals surface area (Å²) >= 11 is 0. The molecule has 1 amide bonds. The Labute approximate surface area is 206 Å². The molecule has 0 atom stereocenters. The summed E-state index contributed by atoms with van der Waals surface area (Å²) in [7, 11) is 0. The molecule has 8 heteroatoms. The van der Waals surface area contributed by atoms with Crippen molar-refractivity contribution < 1.29 is 18.7 Å². The van der Waals surface area contributed by atoms with E-state index in [2.05, 4.69) is 15.6 Å². The summed E-state index contributed by atoms with van der Waals surface area (Å²) < 4.78 is 11.0. The summed E-state index contributed by atoms with van der Waals surface area (Å²) in [6, 6.07) is 25.8. The zero-order valence-electron chi connectivity index (χ0n) is 19.4. The van der Waals surface area contributed by atoms with Gasteiger partial charge in [0.2, 0.25) is 0 Å². The molecule has 0 aliphatic carbocycles. The van der Waals surface area contributed by atoms with Gasteiger partial charge in [-0.25, -0.2) is 4.79 Å². The van der Waals surface area contributed by atoms with E-state index in [1.54, 1.807) is 37.3 Å². The number of hydrogen-bond acceptors (Lipinski definition) is 7. The Balaban J connectivity index is 1.65. The molecule has 0 saturated heterocycles. The first kappa shape index (κ1) is 22.8. The van der Waals surface area contributed by atoms with E-state index in [1.165, 1.54) is 11.3 Å². The van der Waals surface area contributed by atoms with E-state index in [0.29, 0.717) is 22.2 Å². The van der Waals surface area contributed by atoms with Gasteiger partial charge in [-0.3, -0.25) is 10.2 Å². The van der Waals surface area contributed by atoms with E-state index >= 15 is 0 Å². The van der Waals surface area contributed by atoms with E-state index in [-0.39, 0.29) is 17.9 Å². The Morgan fingerprint density at radius 2 is 1.72 bits per heavy atom. The minimum absolute atomic E-state index is 0.0824. The zero-order valence-corrected chi connectivity index (χ0v) is 19.4. The van der Waals surface area contributed by atoms with Crippen LogP contribution in [-0.4, -0.2) is 24.2 Å². The van der Waals surface area contributed by atoms with Crippen LogP contribution in [0, 0.1) is 0 Å². The van der Waals surface area contributed by atoms with Crippen LogP contribution in [0.3, 0.4) is 0 Å². The number of fused-ring (bicyclic) bond motifs is 1. The third-order valence-corrected chi connectivity index (χ3v) is 5.45. The van der Waals surface area contributed by atoms with Crippen molar-refractivity contribution >= 4 is 46.0 Å². The highest BCUT2D eigenvalue weighted by molar-refractivity contribution is 6.54. The van der Waals surface area contributed by atoms with E-state index in [9.17, 15) is 9.59 Å². The Bertz CT molecular complexity index is 1560. The summed E-state index contributed by atoms with van der Waals surface area (Å²) in [6.45, 7) is 1.85. The number of nitrogens with one attached hydrogen (secondary N) is 1. The lowest BCUT2D eigenvalue weighted by atomic mass is 10.1. The van der Waals surface area contributed by atoms with Crippen LogP contribution in [-0.2, 0) is 14.3 Å². The number of nitrogens with zero attached hydrogens (tertiary/aromatic N) is 3. The highest BCUT2D eigenvalue weighted by Gasteiger charge is 2.36. The second-order valence-electron chi connectivity index (χ2n) is 7.81. The second kappa shape index (κ2) is 10.1. The van der Waals surface area contributed by atoms with Gasteiger partial charge < -0.3 is 9.15 Å². The molecule has 5 rings (SSSR count). The standard InChI is InChI=1S/C28H22N4O4/c1-2-35-28(34)26-23(27(33)32(31-26)21-13-7-4-8-14-21)17-19-18-36-24-16-10-9-15-22(24)25(19)30-29-20-11-5-3-6-12-20/h3-18,29H,2H2,1H3/b23-17-,30-25-. The monoisotopic (exact) mass is 478 g/mol. The number of carbonyl (C=O) groups is 2. The molecule has 0 saturated carbocycles. The van der Waals surface area contributed by atoms with Gasteiger partial charge in [0.1, 0.15) is 17.2 Å². The van der Waals surface area contributed by atoms with Gasteiger partial charge in [0, 0.05) is 10.9 Å². The second-order valence-corrected chi connectivity index (χ2v) is 7.81. The van der Waals surface area contributed by atoms with Crippen LogP contribution in [0.25, 0.3) is 17.0 Å². The van der Waals surface area contributed by atoms with Gasteiger partial charge in [-0.05, 0) is 49.4 Å². The van der Waals surface area contributed by atoms with Gasteiger partial charge in [-0.15, -0.1) is 0 Å². The van der Waals surface area contributed by atoms with E-state index < -0.39 is 11.9 Å². The molecule has 1 aliphatic rings. The van der Waals surface area contributed by atoms with Gasteiger partial charge in [-0.1, -0.05) is 48.5 Å². The van der Waals surface area contributed by atoms with Crippen LogP contribution >= 0.6 is 0 Å². The maximum atomic E-state index is 13.4. The number of amides is 1. The molecule has 0 bridgehead atoms. The average molecular weight is 479 g/mol. The summed E-state index contributed by atoms with van der Waals surface area (Å²) in [4.78, 5) is 26.2. The van der Waals surface area contributed by atoms with E-state index in [1.807, 2.05) is 60.7 Å².